The number of hydrogen-bond acceptors (Lipinski definition) is 3. The highest BCUT2D eigenvalue weighted by Gasteiger charge is 2.30. The van der Waals surface area contributed by atoms with Gasteiger partial charge in [0.1, 0.15) is 5.52 Å². The second kappa shape index (κ2) is 7.14. The van der Waals surface area contributed by atoms with E-state index in [1.807, 2.05) is 16.8 Å². The summed E-state index contributed by atoms with van der Waals surface area (Å²) in [5.74, 6) is 0. The summed E-state index contributed by atoms with van der Waals surface area (Å²) in [6.07, 6.45) is -4.35. The lowest BCUT2D eigenvalue weighted by Crippen LogP contribution is -2.16. The highest BCUT2D eigenvalue weighted by molar-refractivity contribution is 9.10. The summed E-state index contributed by atoms with van der Waals surface area (Å²) in [6, 6.07) is 9.09. The average Bonchev–Trinajstić information content (AvgIpc) is 2.96. The van der Waals surface area contributed by atoms with E-state index in [0.29, 0.717) is 11.1 Å². The number of aromatic nitrogens is 3. The first kappa shape index (κ1) is 19.7. The number of nitrogens with one attached hydrogen (secondary N) is 1. The molecule has 1 aromatic heterocycles. The Labute approximate surface area is 163 Å². The molecule has 144 valence electrons. The number of hydrogen-bond donors (Lipinski definition) is 1. The highest BCUT2D eigenvalue weighted by Crippen LogP contribution is 2.32. The summed E-state index contributed by atoms with van der Waals surface area (Å²) in [5, 5.41) is 11.6. The average molecular weight is 441 g/mol. The van der Waals surface area contributed by atoms with Crippen molar-refractivity contribution < 1.29 is 13.2 Å². The third-order valence-corrected chi connectivity index (χ3v) is 4.79. The predicted octanol–water partition coefficient (Wildman–Crippen LogP) is 5.87. The van der Waals surface area contributed by atoms with Crippen LogP contribution in [0.15, 0.2) is 40.9 Å². The molecule has 1 heterocycles. The van der Waals surface area contributed by atoms with E-state index in [9.17, 15) is 13.2 Å². The lowest BCUT2D eigenvalue weighted by molar-refractivity contribution is -0.137. The molecule has 0 aliphatic carbocycles. The van der Waals surface area contributed by atoms with Gasteiger partial charge in [-0.1, -0.05) is 38.1 Å². The minimum Gasteiger partial charge on any atom is -0.380 e. The maximum atomic E-state index is 12.8. The Morgan fingerprint density at radius 1 is 1.11 bits per heavy atom. The molecule has 0 amide bonds. The van der Waals surface area contributed by atoms with Crippen molar-refractivity contribution in [2.75, 3.05) is 5.32 Å². The molecule has 0 atom stereocenters. The van der Waals surface area contributed by atoms with Gasteiger partial charge in [-0.3, -0.25) is 0 Å². The van der Waals surface area contributed by atoms with Crippen LogP contribution in [0.4, 0.5) is 18.9 Å². The fourth-order valence-corrected chi connectivity index (χ4v) is 3.32. The predicted molar refractivity (Wildman–Crippen MR) is 103 cm³/mol. The van der Waals surface area contributed by atoms with Gasteiger partial charge >= 0.3 is 6.18 Å². The summed E-state index contributed by atoms with van der Waals surface area (Å²) >= 11 is 3.54. The van der Waals surface area contributed by atoms with Crippen LogP contribution in [0.25, 0.3) is 11.0 Å². The Balaban J connectivity index is 1.81. The van der Waals surface area contributed by atoms with E-state index in [-0.39, 0.29) is 12.0 Å². The molecule has 27 heavy (non-hydrogen) atoms. The fourth-order valence-electron chi connectivity index (χ4n) is 2.76. The molecular weight excluding hydrogens is 421 g/mol. The van der Waals surface area contributed by atoms with Crippen LogP contribution in [0.2, 0.25) is 0 Å². The molecule has 3 aromatic rings. The molecule has 0 saturated heterocycles. The number of anilines is 1. The molecule has 0 aliphatic heterocycles. The van der Waals surface area contributed by atoms with Gasteiger partial charge in [0.25, 0.3) is 0 Å². The van der Waals surface area contributed by atoms with Crippen molar-refractivity contribution in [3.63, 3.8) is 0 Å². The van der Waals surface area contributed by atoms with Crippen molar-refractivity contribution >= 4 is 32.7 Å². The van der Waals surface area contributed by atoms with Gasteiger partial charge in [-0.2, -0.15) is 13.2 Å². The van der Waals surface area contributed by atoms with Crippen LogP contribution in [0.3, 0.4) is 0 Å². The van der Waals surface area contributed by atoms with Crippen molar-refractivity contribution in [2.45, 2.75) is 40.0 Å². The fraction of sp³-hybridized carbons (Fsp3) is 0.368. The van der Waals surface area contributed by atoms with Crippen LogP contribution in [0.5, 0.6) is 0 Å². The van der Waals surface area contributed by atoms with E-state index in [0.717, 1.165) is 34.4 Å². The van der Waals surface area contributed by atoms with Gasteiger partial charge in [0, 0.05) is 13.1 Å². The number of benzene rings is 2. The SMILES string of the molecule is CC(C)(C)Cn1nnc2c(Br)c(NCc3cccc(C(F)(F)F)c3)ccc21. The maximum absolute atomic E-state index is 12.8. The second-order valence-electron chi connectivity index (χ2n) is 7.65. The maximum Gasteiger partial charge on any atom is 0.416 e. The zero-order valence-electron chi connectivity index (χ0n) is 15.2. The van der Waals surface area contributed by atoms with Crippen molar-refractivity contribution in [1.82, 2.24) is 15.0 Å². The quantitative estimate of drug-likeness (QED) is 0.551. The van der Waals surface area contributed by atoms with E-state index in [1.54, 1.807) is 6.07 Å². The first-order valence-corrected chi connectivity index (χ1v) is 9.26. The monoisotopic (exact) mass is 440 g/mol. The molecule has 0 unspecified atom stereocenters. The van der Waals surface area contributed by atoms with Crippen LogP contribution in [0, 0.1) is 5.41 Å². The third kappa shape index (κ3) is 4.61. The van der Waals surface area contributed by atoms with Crippen molar-refractivity contribution in [2.24, 2.45) is 5.41 Å². The lowest BCUT2D eigenvalue weighted by Gasteiger charge is -2.18. The molecular formula is C19H20BrF3N4. The van der Waals surface area contributed by atoms with E-state index in [4.69, 9.17) is 0 Å². The van der Waals surface area contributed by atoms with E-state index < -0.39 is 11.7 Å². The smallest absolute Gasteiger partial charge is 0.380 e. The summed E-state index contributed by atoms with van der Waals surface area (Å²) in [7, 11) is 0. The topological polar surface area (TPSA) is 42.7 Å². The molecule has 0 bridgehead atoms. The number of alkyl halides is 3. The number of rotatable bonds is 4. The number of nitrogens with zero attached hydrogens (tertiary/aromatic N) is 3. The first-order valence-electron chi connectivity index (χ1n) is 8.46. The molecule has 0 radical (unpaired) electrons. The van der Waals surface area contributed by atoms with Gasteiger partial charge in [-0.05, 0) is 51.2 Å². The minimum absolute atomic E-state index is 0.0630. The van der Waals surface area contributed by atoms with Gasteiger partial charge in [0.15, 0.2) is 0 Å². The Morgan fingerprint density at radius 3 is 2.52 bits per heavy atom. The Kier molecular flexibility index (Phi) is 5.20. The Morgan fingerprint density at radius 2 is 1.85 bits per heavy atom. The van der Waals surface area contributed by atoms with Gasteiger partial charge in [0.2, 0.25) is 0 Å². The van der Waals surface area contributed by atoms with Crippen molar-refractivity contribution in [3.8, 4) is 0 Å². The normalized spacial score (nSPS) is 12.6. The standard InChI is InChI=1S/C19H20BrF3N4/c1-18(2,3)11-27-15-8-7-14(16(20)17(15)25-26-27)24-10-12-5-4-6-13(9-12)19(21,22)23/h4-9,24H,10-11H2,1-3H3. The largest absolute Gasteiger partial charge is 0.416 e. The summed E-state index contributed by atoms with van der Waals surface area (Å²) in [4.78, 5) is 0. The zero-order valence-corrected chi connectivity index (χ0v) is 16.8. The second-order valence-corrected chi connectivity index (χ2v) is 8.45. The molecule has 4 nitrogen and oxygen atoms in total. The van der Waals surface area contributed by atoms with Gasteiger partial charge in [-0.25, -0.2) is 4.68 Å². The van der Waals surface area contributed by atoms with Crippen LogP contribution in [0.1, 0.15) is 31.9 Å². The molecule has 0 spiro atoms. The van der Waals surface area contributed by atoms with Crippen LogP contribution in [-0.4, -0.2) is 15.0 Å². The van der Waals surface area contributed by atoms with Gasteiger partial charge in [0.05, 0.1) is 21.2 Å². The first-order chi connectivity index (χ1) is 12.5. The van der Waals surface area contributed by atoms with Crippen LogP contribution >= 0.6 is 15.9 Å². The Bertz CT molecular complexity index is 958. The van der Waals surface area contributed by atoms with E-state index in [2.05, 4.69) is 52.3 Å². The van der Waals surface area contributed by atoms with Gasteiger partial charge in [-0.15, -0.1) is 5.10 Å². The Hall–Kier alpha value is -2.09. The van der Waals surface area contributed by atoms with E-state index >= 15 is 0 Å². The molecule has 2 aromatic carbocycles. The lowest BCUT2D eigenvalue weighted by atomic mass is 9.97. The van der Waals surface area contributed by atoms with Crippen LogP contribution < -0.4 is 5.32 Å². The minimum atomic E-state index is -4.35. The summed E-state index contributed by atoms with van der Waals surface area (Å²) in [5.41, 5.74) is 2.33. The number of fused-ring (bicyclic) bond motifs is 1. The summed E-state index contributed by atoms with van der Waals surface area (Å²) in [6.45, 7) is 7.37. The molecule has 0 fully saturated rings. The molecule has 0 saturated carbocycles. The van der Waals surface area contributed by atoms with Crippen molar-refractivity contribution in [1.29, 1.82) is 0 Å². The van der Waals surface area contributed by atoms with Crippen molar-refractivity contribution in [3.05, 3.63) is 52.0 Å². The number of halogens is 4. The summed E-state index contributed by atoms with van der Waals surface area (Å²) < 4.78 is 41.1. The third-order valence-electron chi connectivity index (χ3n) is 3.99. The van der Waals surface area contributed by atoms with Crippen LogP contribution in [-0.2, 0) is 19.3 Å². The van der Waals surface area contributed by atoms with E-state index in [1.165, 1.54) is 6.07 Å². The molecule has 3 rings (SSSR count). The zero-order chi connectivity index (χ0) is 19.8. The highest BCUT2D eigenvalue weighted by atomic mass is 79.9. The molecule has 0 aliphatic rings. The van der Waals surface area contributed by atoms with Gasteiger partial charge < -0.3 is 5.32 Å². The molecule has 1 N–H and O–H groups in total. The molecule has 8 heteroatoms.